The molecular weight excluding hydrogens is 547 g/mol. The van der Waals surface area contributed by atoms with Gasteiger partial charge in [0.25, 0.3) is 0 Å². The Labute approximate surface area is 216 Å². The Balaban J connectivity index is 1.94. The third-order valence-electron chi connectivity index (χ3n) is 5.95. The maximum atomic E-state index is 13.8. The zero-order chi connectivity index (χ0) is 27.4. The Morgan fingerprint density at radius 1 is 0.892 bits per heavy atom. The molecule has 0 atom stereocenters. The van der Waals surface area contributed by atoms with Crippen molar-refractivity contribution >= 4 is 31.0 Å². The molecule has 0 fully saturated rings. The molecule has 0 amide bonds. The second kappa shape index (κ2) is 9.07. The van der Waals surface area contributed by atoms with Crippen molar-refractivity contribution in [2.75, 3.05) is 12.5 Å². The van der Waals surface area contributed by atoms with Crippen LogP contribution in [-0.4, -0.2) is 44.1 Å². The molecule has 7 nitrogen and oxygen atoms in total. The fourth-order valence-electron chi connectivity index (χ4n) is 3.50. The van der Waals surface area contributed by atoms with Gasteiger partial charge >= 0.3 is 6.18 Å². The number of rotatable bonds is 6. The van der Waals surface area contributed by atoms with Crippen molar-refractivity contribution in [1.29, 1.82) is 0 Å². The van der Waals surface area contributed by atoms with Crippen LogP contribution in [0.4, 0.5) is 13.2 Å². The topological polar surface area (TPSA) is 99.0 Å². The molecule has 3 aromatic heterocycles. The standard InChI is InChI=1S/C24H22F3N3O4S3/c1-23(2,37(4,33)34)21-14-18(30(29-21)22-17(24(25,26)27)9-6-12-28-22)20-11-10-19(35-20)15-7-5-8-16(13-15)36(3,31)32/h5-14H,1-4H3. The first kappa shape index (κ1) is 27.0. The number of nitrogens with zero attached hydrogens (tertiary/aromatic N) is 3. The molecule has 4 rings (SSSR count). The van der Waals surface area contributed by atoms with Gasteiger partial charge in [0.2, 0.25) is 0 Å². The van der Waals surface area contributed by atoms with Crippen LogP contribution in [0.3, 0.4) is 0 Å². The van der Waals surface area contributed by atoms with Gasteiger partial charge in [-0.15, -0.1) is 11.3 Å². The summed E-state index contributed by atoms with van der Waals surface area (Å²) in [5.74, 6) is -0.491. The average Bonchev–Trinajstić information content (AvgIpc) is 3.45. The van der Waals surface area contributed by atoms with Crippen molar-refractivity contribution < 1.29 is 30.0 Å². The number of pyridine rings is 1. The number of sulfone groups is 2. The lowest BCUT2D eigenvalue weighted by Gasteiger charge is -2.19. The molecule has 0 aliphatic carbocycles. The molecule has 0 saturated carbocycles. The highest BCUT2D eigenvalue weighted by Gasteiger charge is 2.39. The van der Waals surface area contributed by atoms with Crippen LogP contribution in [-0.2, 0) is 30.6 Å². The third-order valence-corrected chi connectivity index (χ3v) is 10.3. The zero-order valence-electron chi connectivity index (χ0n) is 20.1. The Morgan fingerprint density at radius 2 is 1.57 bits per heavy atom. The van der Waals surface area contributed by atoms with Gasteiger partial charge in [-0.1, -0.05) is 12.1 Å². The molecule has 0 N–H and O–H groups in total. The van der Waals surface area contributed by atoms with E-state index in [-0.39, 0.29) is 16.3 Å². The normalized spacial score (nSPS) is 13.2. The predicted molar refractivity (Wildman–Crippen MR) is 136 cm³/mol. The molecule has 0 saturated heterocycles. The SMILES string of the molecule is CC(C)(c1cc(-c2ccc(-c3cccc(S(C)(=O)=O)c3)s2)n(-c2ncccc2C(F)(F)F)n1)S(C)(=O)=O. The van der Waals surface area contributed by atoms with Crippen molar-refractivity contribution in [2.45, 2.75) is 29.7 Å². The van der Waals surface area contributed by atoms with Gasteiger partial charge in [0, 0.05) is 23.6 Å². The molecule has 4 aromatic rings. The molecule has 0 spiro atoms. The van der Waals surface area contributed by atoms with Crippen LogP contribution in [0.25, 0.3) is 26.8 Å². The Bertz CT molecular complexity index is 1700. The van der Waals surface area contributed by atoms with E-state index in [4.69, 9.17) is 0 Å². The molecule has 3 heterocycles. The number of hydrogen-bond acceptors (Lipinski definition) is 7. The van der Waals surface area contributed by atoms with Gasteiger partial charge in [-0.05, 0) is 61.9 Å². The van der Waals surface area contributed by atoms with E-state index in [1.165, 1.54) is 49.6 Å². The molecule has 196 valence electrons. The van der Waals surface area contributed by atoms with E-state index < -0.39 is 42.0 Å². The minimum absolute atomic E-state index is 0.0535. The van der Waals surface area contributed by atoms with E-state index in [2.05, 4.69) is 10.1 Å². The fourth-order valence-corrected chi connectivity index (χ4v) is 5.65. The molecule has 0 aliphatic heterocycles. The highest BCUT2D eigenvalue weighted by atomic mass is 32.2. The fraction of sp³-hybridized carbons (Fsp3) is 0.250. The highest BCUT2D eigenvalue weighted by Crippen LogP contribution is 2.40. The highest BCUT2D eigenvalue weighted by molar-refractivity contribution is 7.91. The molecule has 1 aromatic carbocycles. The van der Waals surface area contributed by atoms with Crippen molar-refractivity contribution in [1.82, 2.24) is 14.8 Å². The number of aromatic nitrogens is 3. The van der Waals surface area contributed by atoms with E-state index in [9.17, 15) is 30.0 Å². The maximum absolute atomic E-state index is 13.8. The zero-order valence-corrected chi connectivity index (χ0v) is 22.6. The number of thiophene rings is 1. The van der Waals surface area contributed by atoms with Crippen LogP contribution in [0.15, 0.2) is 65.7 Å². The Morgan fingerprint density at radius 3 is 2.19 bits per heavy atom. The van der Waals surface area contributed by atoms with Crippen LogP contribution in [0, 0.1) is 0 Å². The van der Waals surface area contributed by atoms with Crippen LogP contribution >= 0.6 is 11.3 Å². The molecule has 13 heteroatoms. The summed E-state index contributed by atoms with van der Waals surface area (Å²) in [5, 5.41) is 4.30. The van der Waals surface area contributed by atoms with E-state index in [1.807, 2.05) is 0 Å². The maximum Gasteiger partial charge on any atom is 0.420 e. The largest absolute Gasteiger partial charge is 0.420 e. The summed E-state index contributed by atoms with van der Waals surface area (Å²) in [6.07, 6.45) is -1.40. The van der Waals surface area contributed by atoms with Gasteiger partial charge in [-0.3, -0.25) is 0 Å². The lowest BCUT2D eigenvalue weighted by Crippen LogP contribution is -2.28. The first-order valence-corrected chi connectivity index (χ1v) is 15.3. The Hall–Kier alpha value is -3.03. The molecule has 0 aliphatic rings. The van der Waals surface area contributed by atoms with Crippen molar-refractivity contribution in [3.63, 3.8) is 0 Å². The van der Waals surface area contributed by atoms with E-state index in [0.717, 1.165) is 29.3 Å². The summed E-state index contributed by atoms with van der Waals surface area (Å²) in [4.78, 5) is 5.21. The lowest BCUT2D eigenvalue weighted by molar-refractivity contribution is -0.137. The third kappa shape index (κ3) is 5.20. The first-order chi connectivity index (χ1) is 17.0. The number of alkyl halides is 3. The number of benzene rings is 1. The summed E-state index contributed by atoms with van der Waals surface area (Å²) in [7, 11) is -7.14. The van der Waals surface area contributed by atoms with Gasteiger partial charge < -0.3 is 0 Å². The molecule has 0 bridgehead atoms. The molecule has 0 radical (unpaired) electrons. The summed E-state index contributed by atoms with van der Waals surface area (Å²) in [6.45, 7) is 2.86. The van der Waals surface area contributed by atoms with Crippen LogP contribution in [0.2, 0.25) is 0 Å². The quantitative estimate of drug-likeness (QED) is 0.310. The monoisotopic (exact) mass is 569 g/mol. The van der Waals surface area contributed by atoms with Crippen LogP contribution < -0.4 is 0 Å². The van der Waals surface area contributed by atoms with Crippen molar-refractivity contribution in [3.05, 3.63) is 72.1 Å². The predicted octanol–water partition coefficient (Wildman–Crippen LogP) is 5.36. The lowest BCUT2D eigenvalue weighted by atomic mass is 10.1. The summed E-state index contributed by atoms with van der Waals surface area (Å²) in [6, 6.07) is 13.2. The second-order valence-corrected chi connectivity index (χ2v) is 14.6. The van der Waals surface area contributed by atoms with Crippen molar-refractivity contribution in [2.24, 2.45) is 0 Å². The molecule has 0 unspecified atom stereocenters. The number of halogens is 3. The van der Waals surface area contributed by atoms with Crippen molar-refractivity contribution in [3.8, 4) is 26.8 Å². The minimum Gasteiger partial charge on any atom is -0.237 e. The van der Waals surface area contributed by atoms with Gasteiger partial charge in [0.05, 0.1) is 21.2 Å². The molecular formula is C24H22F3N3O4S3. The molecule has 37 heavy (non-hydrogen) atoms. The second-order valence-electron chi connectivity index (χ2n) is 8.95. The average molecular weight is 570 g/mol. The summed E-state index contributed by atoms with van der Waals surface area (Å²) < 4.78 is 89.9. The van der Waals surface area contributed by atoms with Gasteiger partial charge in [-0.2, -0.15) is 18.3 Å². The summed E-state index contributed by atoms with van der Waals surface area (Å²) in [5.41, 5.74) is -0.152. The Kier molecular flexibility index (Phi) is 6.62. The van der Waals surface area contributed by atoms with Crippen LogP contribution in [0.5, 0.6) is 0 Å². The van der Waals surface area contributed by atoms with Crippen LogP contribution in [0.1, 0.15) is 25.1 Å². The minimum atomic E-state index is -4.73. The van der Waals surface area contributed by atoms with Gasteiger partial charge in [-0.25, -0.2) is 26.5 Å². The first-order valence-electron chi connectivity index (χ1n) is 10.7. The van der Waals surface area contributed by atoms with E-state index in [1.54, 1.807) is 24.3 Å². The number of hydrogen-bond donors (Lipinski definition) is 0. The van der Waals surface area contributed by atoms with Gasteiger partial charge in [0.1, 0.15) is 10.3 Å². The van der Waals surface area contributed by atoms with E-state index >= 15 is 0 Å². The summed E-state index contributed by atoms with van der Waals surface area (Å²) >= 11 is 1.20. The smallest absolute Gasteiger partial charge is 0.237 e. The van der Waals surface area contributed by atoms with E-state index in [0.29, 0.717) is 15.3 Å². The van der Waals surface area contributed by atoms with Gasteiger partial charge in [0.15, 0.2) is 25.5 Å².